The summed E-state index contributed by atoms with van der Waals surface area (Å²) in [7, 11) is 0. The molecule has 1 saturated heterocycles. The fraction of sp³-hybridized carbons (Fsp3) is 0.588. The summed E-state index contributed by atoms with van der Waals surface area (Å²) in [5, 5.41) is 7.33. The minimum absolute atomic E-state index is 0.0106. The third kappa shape index (κ3) is 5.18. The minimum atomic E-state index is -0.0894. The summed E-state index contributed by atoms with van der Waals surface area (Å²) in [4.78, 5) is 12.1. The number of hydrogen-bond donors (Lipinski definition) is 2. The summed E-state index contributed by atoms with van der Waals surface area (Å²) >= 11 is 5.82. The van der Waals surface area contributed by atoms with Crippen LogP contribution in [0.3, 0.4) is 0 Å². The average Bonchev–Trinajstić information content (AvgIpc) is 2.34. The molecule has 122 valence electrons. The van der Waals surface area contributed by atoms with Crippen LogP contribution in [0.4, 0.5) is 0 Å². The highest BCUT2D eigenvalue weighted by atomic mass is 35.5. The molecule has 0 aromatic heterocycles. The lowest BCUT2D eigenvalue weighted by Gasteiger charge is -2.46. The molecule has 0 unspecified atom stereocenters. The largest absolute Gasteiger partial charge is 0.484 e. The monoisotopic (exact) mass is 324 g/mol. The van der Waals surface area contributed by atoms with E-state index < -0.39 is 0 Å². The van der Waals surface area contributed by atoms with Crippen LogP contribution >= 0.6 is 11.6 Å². The maximum absolute atomic E-state index is 12.1. The molecule has 1 aromatic rings. The number of piperidine rings is 1. The van der Waals surface area contributed by atoms with Crippen molar-refractivity contribution >= 4 is 17.5 Å². The van der Waals surface area contributed by atoms with Crippen LogP contribution in [0.25, 0.3) is 0 Å². The summed E-state index contributed by atoms with van der Waals surface area (Å²) in [6.45, 7) is 8.68. The highest BCUT2D eigenvalue weighted by Crippen LogP contribution is 2.28. The first-order valence-electron chi connectivity index (χ1n) is 7.62. The van der Waals surface area contributed by atoms with Gasteiger partial charge in [0.1, 0.15) is 5.75 Å². The maximum Gasteiger partial charge on any atom is 0.258 e. The van der Waals surface area contributed by atoms with Crippen molar-refractivity contribution < 1.29 is 9.53 Å². The second kappa shape index (κ2) is 6.47. The molecule has 5 heteroatoms. The molecule has 22 heavy (non-hydrogen) atoms. The summed E-state index contributed by atoms with van der Waals surface area (Å²) in [5.74, 6) is 0.555. The van der Waals surface area contributed by atoms with Crippen LogP contribution in [0.5, 0.6) is 5.75 Å². The zero-order valence-corrected chi connectivity index (χ0v) is 14.5. The smallest absolute Gasteiger partial charge is 0.258 e. The first-order valence-corrected chi connectivity index (χ1v) is 8.00. The quantitative estimate of drug-likeness (QED) is 0.894. The number of halogens is 1. The van der Waals surface area contributed by atoms with Gasteiger partial charge >= 0.3 is 0 Å². The Morgan fingerprint density at radius 3 is 2.32 bits per heavy atom. The molecule has 1 aromatic carbocycles. The predicted molar refractivity (Wildman–Crippen MR) is 89.4 cm³/mol. The van der Waals surface area contributed by atoms with E-state index in [0.29, 0.717) is 10.8 Å². The minimum Gasteiger partial charge on any atom is -0.484 e. The highest BCUT2D eigenvalue weighted by Gasteiger charge is 2.38. The van der Waals surface area contributed by atoms with Crippen LogP contribution in [0, 0.1) is 0 Å². The van der Waals surface area contributed by atoms with E-state index in [1.807, 2.05) is 0 Å². The molecule has 0 aliphatic carbocycles. The van der Waals surface area contributed by atoms with E-state index in [4.69, 9.17) is 16.3 Å². The molecule has 0 saturated carbocycles. The highest BCUT2D eigenvalue weighted by molar-refractivity contribution is 6.30. The van der Waals surface area contributed by atoms with E-state index in [1.54, 1.807) is 24.3 Å². The SMILES string of the molecule is CC1(C)CC(NC(=O)COc2ccc(Cl)cc2)CC(C)(C)N1. The van der Waals surface area contributed by atoms with Gasteiger partial charge in [-0.2, -0.15) is 0 Å². The van der Waals surface area contributed by atoms with Gasteiger partial charge < -0.3 is 15.4 Å². The summed E-state index contributed by atoms with van der Waals surface area (Å²) < 4.78 is 5.48. The zero-order valence-electron chi connectivity index (χ0n) is 13.7. The lowest BCUT2D eigenvalue weighted by Crippen LogP contribution is -2.62. The Morgan fingerprint density at radius 1 is 1.23 bits per heavy atom. The first-order chi connectivity index (χ1) is 10.2. The summed E-state index contributed by atoms with van der Waals surface area (Å²) in [5.41, 5.74) is 0.0213. The van der Waals surface area contributed by atoms with Gasteiger partial charge in [0, 0.05) is 22.1 Å². The Kier molecular flexibility index (Phi) is 5.03. The van der Waals surface area contributed by atoms with E-state index in [9.17, 15) is 4.79 Å². The van der Waals surface area contributed by atoms with Crippen LogP contribution in [-0.4, -0.2) is 29.6 Å². The van der Waals surface area contributed by atoms with Crippen LogP contribution in [0.15, 0.2) is 24.3 Å². The van der Waals surface area contributed by atoms with Crippen molar-refractivity contribution in [1.29, 1.82) is 0 Å². The molecule has 1 amide bonds. The third-order valence-electron chi connectivity index (χ3n) is 3.74. The number of carbonyl (C=O) groups is 1. The van der Waals surface area contributed by atoms with Crippen molar-refractivity contribution in [3.8, 4) is 5.75 Å². The van der Waals surface area contributed by atoms with E-state index in [0.717, 1.165) is 12.8 Å². The normalized spacial score (nSPS) is 20.4. The van der Waals surface area contributed by atoms with Gasteiger partial charge in [-0.25, -0.2) is 0 Å². The molecule has 2 N–H and O–H groups in total. The molecule has 4 nitrogen and oxygen atoms in total. The summed E-state index contributed by atoms with van der Waals surface area (Å²) in [6, 6.07) is 7.16. The molecule has 0 bridgehead atoms. The lowest BCUT2D eigenvalue weighted by molar-refractivity contribution is -0.124. The lowest BCUT2D eigenvalue weighted by atomic mass is 9.79. The van der Waals surface area contributed by atoms with E-state index in [1.165, 1.54) is 0 Å². The summed E-state index contributed by atoms with van der Waals surface area (Å²) in [6.07, 6.45) is 1.81. The molecule has 1 aliphatic heterocycles. The van der Waals surface area contributed by atoms with Crippen molar-refractivity contribution in [3.05, 3.63) is 29.3 Å². The molecule has 2 rings (SSSR count). The average molecular weight is 325 g/mol. The molecule has 1 fully saturated rings. The number of amides is 1. The van der Waals surface area contributed by atoms with Crippen molar-refractivity contribution in [1.82, 2.24) is 10.6 Å². The Hall–Kier alpha value is -1.26. The van der Waals surface area contributed by atoms with Gasteiger partial charge in [-0.3, -0.25) is 4.79 Å². The molecule has 0 atom stereocenters. The standard InChI is InChI=1S/C17H25ClN2O2/c1-16(2)9-13(10-17(3,4)20-16)19-15(21)11-22-14-7-5-12(18)6-8-14/h5-8,13,20H,9-11H2,1-4H3,(H,19,21). The van der Waals surface area contributed by atoms with Crippen molar-refractivity contribution in [3.63, 3.8) is 0 Å². The van der Waals surface area contributed by atoms with Gasteiger partial charge in [-0.15, -0.1) is 0 Å². The number of ether oxygens (including phenoxy) is 1. The van der Waals surface area contributed by atoms with E-state index >= 15 is 0 Å². The third-order valence-corrected chi connectivity index (χ3v) is 3.99. The maximum atomic E-state index is 12.1. The van der Waals surface area contributed by atoms with Crippen LogP contribution < -0.4 is 15.4 Å². The van der Waals surface area contributed by atoms with Crippen LogP contribution in [0.2, 0.25) is 5.02 Å². The Balaban J connectivity index is 1.85. The van der Waals surface area contributed by atoms with Crippen molar-refractivity contribution in [2.45, 2.75) is 57.7 Å². The molecule has 0 radical (unpaired) electrons. The molecule has 0 spiro atoms. The van der Waals surface area contributed by atoms with Crippen LogP contribution in [0.1, 0.15) is 40.5 Å². The fourth-order valence-corrected chi connectivity index (χ4v) is 3.50. The van der Waals surface area contributed by atoms with Gasteiger partial charge in [0.2, 0.25) is 0 Å². The van der Waals surface area contributed by atoms with Crippen molar-refractivity contribution in [2.24, 2.45) is 0 Å². The van der Waals surface area contributed by atoms with E-state index in [2.05, 4.69) is 38.3 Å². The van der Waals surface area contributed by atoms with Gasteiger partial charge in [0.15, 0.2) is 6.61 Å². The van der Waals surface area contributed by atoms with Gasteiger partial charge in [0.05, 0.1) is 0 Å². The molecule has 1 heterocycles. The van der Waals surface area contributed by atoms with E-state index in [-0.39, 0.29) is 29.6 Å². The zero-order chi connectivity index (χ0) is 16.4. The second-order valence-corrected chi connectivity index (χ2v) is 7.74. The number of rotatable bonds is 4. The number of carbonyl (C=O) groups excluding carboxylic acids is 1. The topological polar surface area (TPSA) is 50.4 Å². The Morgan fingerprint density at radius 2 is 1.77 bits per heavy atom. The van der Waals surface area contributed by atoms with Gasteiger partial charge in [-0.05, 0) is 64.8 Å². The number of benzene rings is 1. The second-order valence-electron chi connectivity index (χ2n) is 7.31. The van der Waals surface area contributed by atoms with Crippen LogP contribution in [-0.2, 0) is 4.79 Å². The van der Waals surface area contributed by atoms with Crippen molar-refractivity contribution in [2.75, 3.05) is 6.61 Å². The Bertz CT molecular complexity index is 510. The Labute approximate surface area is 137 Å². The number of hydrogen-bond acceptors (Lipinski definition) is 3. The number of nitrogens with one attached hydrogen (secondary N) is 2. The molecular weight excluding hydrogens is 300 g/mol. The molecular formula is C17H25ClN2O2. The van der Waals surface area contributed by atoms with Gasteiger partial charge in [0.25, 0.3) is 5.91 Å². The fourth-order valence-electron chi connectivity index (χ4n) is 3.37. The van der Waals surface area contributed by atoms with Gasteiger partial charge in [-0.1, -0.05) is 11.6 Å². The first kappa shape index (κ1) is 17.1. The molecule has 1 aliphatic rings. The predicted octanol–water partition coefficient (Wildman–Crippen LogP) is 3.14.